The molecule has 1 heterocycles. The van der Waals surface area contributed by atoms with E-state index in [9.17, 15) is 9.59 Å². The maximum absolute atomic E-state index is 12.0. The molecule has 110 valence electrons. The number of likely N-dealkylation sites (tertiary alicyclic amines) is 1. The highest BCUT2D eigenvalue weighted by Crippen LogP contribution is 2.22. The Morgan fingerprint density at radius 1 is 1.47 bits per heavy atom. The molecule has 1 aliphatic rings. The van der Waals surface area contributed by atoms with Crippen LogP contribution in [0.25, 0.3) is 0 Å². The van der Waals surface area contributed by atoms with E-state index in [1.165, 1.54) is 0 Å². The number of hydrogen-bond donors (Lipinski definition) is 2. The van der Waals surface area contributed by atoms with Gasteiger partial charge in [-0.2, -0.15) is 0 Å². The molecule has 0 aliphatic carbocycles. The van der Waals surface area contributed by atoms with Crippen molar-refractivity contribution in [3.63, 3.8) is 0 Å². The lowest BCUT2D eigenvalue weighted by molar-refractivity contribution is -0.137. The van der Waals surface area contributed by atoms with Gasteiger partial charge in [-0.3, -0.25) is 4.79 Å². The topological polar surface area (TPSA) is 92.9 Å². The summed E-state index contributed by atoms with van der Waals surface area (Å²) < 4.78 is 5.32. The van der Waals surface area contributed by atoms with Crippen LogP contribution in [0.2, 0.25) is 0 Å². The van der Waals surface area contributed by atoms with Crippen LogP contribution >= 0.6 is 0 Å². The maximum Gasteiger partial charge on any atom is 0.410 e. The summed E-state index contributed by atoms with van der Waals surface area (Å²) in [4.78, 5) is 24.2. The van der Waals surface area contributed by atoms with Crippen molar-refractivity contribution in [3.8, 4) is 0 Å². The first-order chi connectivity index (χ1) is 8.69. The fourth-order valence-corrected chi connectivity index (χ4v) is 2.22. The molecule has 1 aliphatic heterocycles. The van der Waals surface area contributed by atoms with Crippen molar-refractivity contribution in [1.29, 1.82) is 0 Å². The lowest BCUT2D eigenvalue weighted by Crippen LogP contribution is -2.48. The number of nitrogens with two attached hydrogens (primary N) is 1. The zero-order valence-electron chi connectivity index (χ0n) is 11.9. The summed E-state index contributed by atoms with van der Waals surface area (Å²) in [5.41, 5.74) is 5.36. The Balaban J connectivity index is 2.54. The van der Waals surface area contributed by atoms with Crippen LogP contribution in [-0.2, 0) is 9.53 Å². The molecular weight excluding hydrogens is 248 g/mol. The molecule has 1 fully saturated rings. The van der Waals surface area contributed by atoms with Crippen LogP contribution in [-0.4, -0.2) is 46.8 Å². The summed E-state index contributed by atoms with van der Waals surface area (Å²) >= 11 is 0. The molecule has 6 nitrogen and oxygen atoms in total. The number of carbonyl (C=O) groups is 2. The van der Waals surface area contributed by atoms with Gasteiger partial charge in [0.25, 0.3) is 0 Å². The summed E-state index contributed by atoms with van der Waals surface area (Å²) in [6, 6.07) is -0.414. The van der Waals surface area contributed by atoms with Gasteiger partial charge in [-0.05, 0) is 39.5 Å². The minimum atomic E-state index is -0.901. The third-order valence-electron chi connectivity index (χ3n) is 3.13. The van der Waals surface area contributed by atoms with Crippen molar-refractivity contribution >= 4 is 12.1 Å². The number of carbonyl (C=O) groups excluding carboxylic acids is 1. The largest absolute Gasteiger partial charge is 0.481 e. The normalized spacial score (nSPS) is 21.9. The van der Waals surface area contributed by atoms with Gasteiger partial charge in [0.15, 0.2) is 0 Å². The Morgan fingerprint density at radius 2 is 2.11 bits per heavy atom. The third-order valence-corrected chi connectivity index (χ3v) is 3.13. The van der Waals surface area contributed by atoms with Crippen molar-refractivity contribution < 1.29 is 19.4 Å². The first kappa shape index (κ1) is 15.8. The molecular formula is C13H24N2O4. The standard InChI is InChI=1S/C13H24N2O4/c1-13(2,3)19-12(18)15-6-4-5-9(8-15)10(14)7-11(16)17/h9-10H,4-8,14H2,1-3H3,(H,16,17)/t9-,10-/m1/s1. The molecule has 6 heteroatoms. The predicted molar refractivity (Wildman–Crippen MR) is 70.8 cm³/mol. The van der Waals surface area contributed by atoms with Crippen molar-refractivity contribution in [3.05, 3.63) is 0 Å². The Morgan fingerprint density at radius 3 is 2.63 bits per heavy atom. The van der Waals surface area contributed by atoms with Crippen molar-refractivity contribution in [1.82, 2.24) is 4.90 Å². The van der Waals surface area contributed by atoms with Gasteiger partial charge in [0, 0.05) is 19.1 Å². The lowest BCUT2D eigenvalue weighted by atomic mass is 9.89. The number of hydrogen-bond acceptors (Lipinski definition) is 4. The molecule has 0 unspecified atom stereocenters. The van der Waals surface area contributed by atoms with Crippen LogP contribution in [0.15, 0.2) is 0 Å². The maximum atomic E-state index is 12.0. The Kier molecular flexibility index (Phi) is 5.17. The molecule has 0 spiro atoms. The van der Waals surface area contributed by atoms with Crippen LogP contribution in [0.5, 0.6) is 0 Å². The summed E-state index contributed by atoms with van der Waals surface area (Å²) in [5, 5.41) is 8.76. The van der Waals surface area contributed by atoms with E-state index >= 15 is 0 Å². The monoisotopic (exact) mass is 272 g/mol. The highest BCUT2D eigenvalue weighted by Gasteiger charge is 2.31. The van der Waals surface area contributed by atoms with E-state index in [4.69, 9.17) is 15.6 Å². The van der Waals surface area contributed by atoms with E-state index in [0.29, 0.717) is 13.1 Å². The van der Waals surface area contributed by atoms with E-state index in [2.05, 4.69) is 0 Å². The van der Waals surface area contributed by atoms with Gasteiger partial charge < -0.3 is 20.5 Å². The molecule has 0 saturated carbocycles. The third kappa shape index (κ3) is 5.46. The van der Waals surface area contributed by atoms with Gasteiger partial charge in [-0.1, -0.05) is 0 Å². The number of carboxylic acids is 1. The molecule has 0 radical (unpaired) electrons. The summed E-state index contributed by atoms with van der Waals surface area (Å²) in [7, 11) is 0. The molecule has 1 amide bonds. The Bertz CT molecular complexity index is 338. The SMILES string of the molecule is CC(C)(C)OC(=O)N1CCC[C@@H]([C@H](N)CC(=O)O)C1. The van der Waals surface area contributed by atoms with Gasteiger partial charge in [0.2, 0.25) is 0 Å². The zero-order chi connectivity index (χ0) is 14.6. The number of rotatable bonds is 3. The van der Waals surface area contributed by atoms with Gasteiger partial charge in [-0.25, -0.2) is 4.79 Å². The van der Waals surface area contributed by atoms with Gasteiger partial charge in [0.1, 0.15) is 5.60 Å². The molecule has 0 bridgehead atoms. The van der Waals surface area contributed by atoms with Gasteiger partial charge in [0.05, 0.1) is 6.42 Å². The molecule has 3 N–H and O–H groups in total. The first-order valence-corrected chi connectivity index (χ1v) is 6.64. The second-order valence-electron chi connectivity index (χ2n) is 6.09. The molecule has 1 rings (SSSR count). The van der Waals surface area contributed by atoms with E-state index in [0.717, 1.165) is 12.8 Å². The van der Waals surface area contributed by atoms with Crippen LogP contribution in [0, 0.1) is 5.92 Å². The number of nitrogens with zero attached hydrogens (tertiary/aromatic N) is 1. The molecule has 1 saturated heterocycles. The molecule has 0 aromatic heterocycles. The smallest absolute Gasteiger partial charge is 0.410 e. The van der Waals surface area contributed by atoms with Gasteiger partial charge in [-0.15, -0.1) is 0 Å². The molecule has 0 aromatic rings. The molecule has 2 atom stereocenters. The lowest BCUT2D eigenvalue weighted by Gasteiger charge is -2.36. The Hall–Kier alpha value is -1.30. The number of amides is 1. The quantitative estimate of drug-likeness (QED) is 0.810. The van der Waals surface area contributed by atoms with Crippen LogP contribution in [0.1, 0.15) is 40.0 Å². The highest BCUT2D eigenvalue weighted by molar-refractivity contribution is 5.68. The number of ether oxygens (including phenoxy) is 1. The van der Waals surface area contributed by atoms with Gasteiger partial charge >= 0.3 is 12.1 Å². The van der Waals surface area contributed by atoms with Crippen LogP contribution in [0.4, 0.5) is 4.79 Å². The number of piperidine rings is 1. The summed E-state index contributed by atoms with van der Waals surface area (Å²) in [6.45, 7) is 6.59. The second kappa shape index (κ2) is 6.23. The average molecular weight is 272 g/mol. The molecule has 19 heavy (non-hydrogen) atoms. The van der Waals surface area contributed by atoms with Crippen molar-refractivity contribution in [2.75, 3.05) is 13.1 Å². The van der Waals surface area contributed by atoms with E-state index in [1.54, 1.807) is 4.90 Å². The zero-order valence-corrected chi connectivity index (χ0v) is 11.9. The van der Waals surface area contributed by atoms with E-state index in [-0.39, 0.29) is 18.4 Å². The summed E-state index contributed by atoms with van der Waals surface area (Å²) in [6.07, 6.45) is 1.28. The minimum Gasteiger partial charge on any atom is -0.481 e. The van der Waals surface area contributed by atoms with E-state index < -0.39 is 17.6 Å². The fraction of sp³-hybridized carbons (Fsp3) is 0.846. The molecule has 0 aromatic carbocycles. The first-order valence-electron chi connectivity index (χ1n) is 6.64. The van der Waals surface area contributed by atoms with Crippen LogP contribution < -0.4 is 5.73 Å². The van der Waals surface area contributed by atoms with Crippen LogP contribution in [0.3, 0.4) is 0 Å². The van der Waals surface area contributed by atoms with E-state index in [1.807, 2.05) is 20.8 Å². The number of carboxylic acid groups (broad SMARTS) is 1. The predicted octanol–water partition coefficient (Wildman–Crippen LogP) is 1.44. The Labute approximate surface area is 113 Å². The number of aliphatic carboxylic acids is 1. The van der Waals surface area contributed by atoms with Crippen molar-refractivity contribution in [2.45, 2.75) is 51.7 Å². The summed E-state index contributed by atoms with van der Waals surface area (Å²) in [5.74, 6) is -0.876. The van der Waals surface area contributed by atoms with Crippen molar-refractivity contribution in [2.24, 2.45) is 11.7 Å². The second-order valence-corrected chi connectivity index (χ2v) is 6.09. The minimum absolute atomic E-state index is 0.0253. The average Bonchev–Trinajstić information content (AvgIpc) is 2.26. The highest BCUT2D eigenvalue weighted by atomic mass is 16.6. The fourth-order valence-electron chi connectivity index (χ4n) is 2.22.